The molecule has 100 valence electrons. The van der Waals surface area contributed by atoms with E-state index < -0.39 is 23.6 Å². The van der Waals surface area contributed by atoms with Crippen LogP contribution in [0.15, 0.2) is 18.3 Å². The number of rotatable bonds is 3. The lowest BCUT2D eigenvalue weighted by molar-refractivity contribution is 0.0480. The minimum atomic E-state index is -0.722. The molecule has 1 amide bonds. The third kappa shape index (κ3) is 4.67. The van der Waals surface area contributed by atoms with E-state index in [9.17, 15) is 14.3 Å². The molecule has 0 fully saturated rings. The van der Waals surface area contributed by atoms with Crippen molar-refractivity contribution in [3.63, 3.8) is 0 Å². The molecule has 1 aromatic rings. The number of nitrogens with zero attached hydrogens (tertiary/aromatic N) is 1. The number of nitrogens with one attached hydrogen (secondary N) is 1. The maximum absolute atomic E-state index is 12.7. The van der Waals surface area contributed by atoms with Gasteiger partial charge in [0.15, 0.2) is 0 Å². The number of alkyl carbamates (subject to hydrolysis) is 1. The zero-order valence-electron chi connectivity index (χ0n) is 10.6. The average Bonchev–Trinajstić information content (AvgIpc) is 2.25. The Kier molecular flexibility index (Phi) is 4.61. The Morgan fingerprint density at radius 2 is 2.22 bits per heavy atom. The average molecular weight is 256 g/mol. The van der Waals surface area contributed by atoms with Gasteiger partial charge in [-0.15, -0.1) is 0 Å². The molecule has 0 aliphatic carbocycles. The Morgan fingerprint density at radius 3 is 2.67 bits per heavy atom. The number of ether oxygens (including phenoxy) is 1. The molecule has 1 heterocycles. The first-order chi connectivity index (χ1) is 8.31. The third-order valence-electron chi connectivity index (χ3n) is 1.98. The Labute approximate surface area is 105 Å². The van der Waals surface area contributed by atoms with E-state index >= 15 is 0 Å². The van der Waals surface area contributed by atoms with Gasteiger partial charge in [0.1, 0.15) is 11.4 Å². The summed E-state index contributed by atoms with van der Waals surface area (Å²) in [6.07, 6.45) is 0.363. The van der Waals surface area contributed by atoms with Crippen LogP contribution in [0.1, 0.15) is 32.5 Å². The highest BCUT2D eigenvalue weighted by atomic mass is 19.1. The van der Waals surface area contributed by atoms with E-state index in [0.29, 0.717) is 5.69 Å². The monoisotopic (exact) mass is 256 g/mol. The molecule has 0 bridgehead atoms. The minimum Gasteiger partial charge on any atom is -0.444 e. The number of aliphatic hydroxyl groups is 1. The van der Waals surface area contributed by atoms with E-state index in [1.807, 2.05) is 0 Å². The number of pyridine rings is 1. The Balaban J connectivity index is 2.68. The van der Waals surface area contributed by atoms with E-state index in [1.54, 1.807) is 20.8 Å². The van der Waals surface area contributed by atoms with Gasteiger partial charge in [-0.05, 0) is 32.9 Å². The van der Waals surface area contributed by atoms with Crippen LogP contribution in [0.25, 0.3) is 0 Å². The number of amides is 1. The van der Waals surface area contributed by atoms with Crippen molar-refractivity contribution in [3.05, 3.63) is 29.8 Å². The van der Waals surface area contributed by atoms with Crippen LogP contribution in [-0.2, 0) is 4.74 Å². The fraction of sp³-hybridized carbons (Fsp3) is 0.500. The molecule has 5 nitrogen and oxygen atoms in total. The van der Waals surface area contributed by atoms with Crippen molar-refractivity contribution < 1.29 is 19.0 Å². The van der Waals surface area contributed by atoms with E-state index in [2.05, 4.69) is 10.3 Å². The van der Waals surface area contributed by atoms with Crippen LogP contribution in [-0.4, -0.2) is 28.4 Å². The molecule has 0 spiro atoms. The predicted octanol–water partition coefficient (Wildman–Crippen LogP) is 1.78. The molecule has 0 aliphatic heterocycles. The first kappa shape index (κ1) is 14.4. The molecule has 2 N–H and O–H groups in total. The molecule has 6 heteroatoms. The normalized spacial score (nSPS) is 12.9. The SMILES string of the molecule is CC(C)(C)OC(=O)NC(CO)c1ccc(F)cn1. The summed E-state index contributed by atoms with van der Waals surface area (Å²) in [5, 5.41) is 11.7. The van der Waals surface area contributed by atoms with Crippen LogP contribution >= 0.6 is 0 Å². The summed E-state index contributed by atoms with van der Waals surface area (Å²) in [6.45, 7) is 4.85. The van der Waals surface area contributed by atoms with Crippen molar-refractivity contribution in [3.8, 4) is 0 Å². The summed E-state index contributed by atoms with van der Waals surface area (Å²) < 4.78 is 17.8. The topological polar surface area (TPSA) is 71.5 Å². The zero-order chi connectivity index (χ0) is 13.8. The molecule has 1 atom stereocenters. The van der Waals surface area contributed by atoms with Gasteiger partial charge in [-0.3, -0.25) is 4.98 Å². The highest BCUT2D eigenvalue weighted by molar-refractivity contribution is 5.68. The van der Waals surface area contributed by atoms with Gasteiger partial charge in [-0.1, -0.05) is 0 Å². The van der Waals surface area contributed by atoms with Crippen molar-refractivity contribution in [1.29, 1.82) is 0 Å². The molecule has 1 aromatic heterocycles. The Morgan fingerprint density at radius 1 is 1.56 bits per heavy atom. The first-order valence-corrected chi connectivity index (χ1v) is 5.53. The van der Waals surface area contributed by atoms with Gasteiger partial charge < -0.3 is 15.2 Å². The lowest BCUT2D eigenvalue weighted by Gasteiger charge is -2.22. The van der Waals surface area contributed by atoms with Crippen LogP contribution in [0.5, 0.6) is 0 Å². The second kappa shape index (κ2) is 5.77. The van der Waals surface area contributed by atoms with Crippen LogP contribution in [0.4, 0.5) is 9.18 Å². The smallest absolute Gasteiger partial charge is 0.408 e. The molecular weight excluding hydrogens is 239 g/mol. The molecule has 1 rings (SSSR count). The number of aliphatic hydroxyl groups excluding tert-OH is 1. The summed E-state index contributed by atoms with van der Waals surface area (Å²) in [6, 6.07) is 1.88. The second-order valence-corrected chi connectivity index (χ2v) is 4.78. The maximum Gasteiger partial charge on any atom is 0.408 e. The maximum atomic E-state index is 12.7. The summed E-state index contributed by atoms with van der Waals surface area (Å²) in [4.78, 5) is 15.3. The molecule has 0 saturated carbocycles. The second-order valence-electron chi connectivity index (χ2n) is 4.78. The van der Waals surface area contributed by atoms with Gasteiger partial charge >= 0.3 is 6.09 Å². The fourth-order valence-corrected chi connectivity index (χ4v) is 1.26. The molecule has 0 aromatic carbocycles. The van der Waals surface area contributed by atoms with Crippen LogP contribution in [0, 0.1) is 5.82 Å². The van der Waals surface area contributed by atoms with Crippen molar-refractivity contribution >= 4 is 6.09 Å². The zero-order valence-corrected chi connectivity index (χ0v) is 10.6. The molecule has 1 unspecified atom stereocenters. The molecule has 0 aliphatic rings. The number of hydrogen-bond acceptors (Lipinski definition) is 4. The van der Waals surface area contributed by atoms with Crippen LogP contribution in [0.3, 0.4) is 0 Å². The largest absolute Gasteiger partial charge is 0.444 e. The van der Waals surface area contributed by atoms with Gasteiger partial charge in [-0.25, -0.2) is 9.18 Å². The lowest BCUT2D eigenvalue weighted by atomic mass is 10.2. The highest BCUT2D eigenvalue weighted by Gasteiger charge is 2.20. The molecule has 0 saturated heterocycles. The lowest BCUT2D eigenvalue weighted by Crippen LogP contribution is -2.36. The van der Waals surface area contributed by atoms with Crippen molar-refractivity contribution in [1.82, 2.24) is 10.3 Å². The van der Waals surface area contributed by atoms with Crippen LogP contribution in [0.2, 0.25) is 0 Å². The number of aromatic nitrogens is 1. The highest BCUT2D eigenvalue weighted by Crippen LogP contribution is 2.12. The molecule has 18 heavy (non-hydrogen) atoms. The number of hydrogen-bond donors (Lipinski definition) is 2. The third-order valence-corrected chi connectivity index (χ3v) is 1.98. The summed E-state index contributed by atoms with van der Waals surface area (Å²) in [5.74, 6) is -0.479. The Hall–Kier alpha value is -1.69. The van der Waals surface area contributed by atoms with E-state index in [0.717, 1.165) is 6.20 Å². The van der Waals surface area contributed by atoms with E-state index in [4.69, 9.17) is 4.74 Å². The van der Waals surface area contributed by atoms with Gasteiger partial charge in [0.2, 0.25) is 0 Å². The minimum absolute atomic E-state index is 0.349. The summed E-state index contributed by atoms with van der Waals surface area (Å²) in [5.41, 5.74) is -0.259. The summed E-state index contributed by atoms with van der Waals surface area (Å²) in [7, 11) is 0. The number of halogens is 1. The standard InChI is InChI=1S/C12H17FN2O3/c1-12(2,3)18-11(17)15-10(7-16)9-5-4-8(13)6-14-9/h4-6,10,16H,7H2,1-3H3,(H,15,17). The van der Waals surface area contributed by atoms with Crippen LogP contribution < -0.4 is 5.32 Å². The van der Waals surface area contributed by atoms with Crippen molar-refractivity contribution in [2.24, 2.45) is 0 Å². The number of carbonyl (C=O) groups excluding carboxylic acids is 1. The molecule has 0 radical (unpaired) electrons. The Bertz CT molecular complexity index is 401. The van der Waals surface area contributed by atoms with Crippen molar-refractivity contribution in [2.45, 2.75) is 32.4 Å². The first-order valence-electron chi connectivity index (χ1n) is 5.53. The van der Waals surface area contributed by atoms with Crippen molar-refractivity contribution in [2.75, 3.05) is 6.61 Å². The quantitative estimate of drug-likeness (QED) is 0.864. The van der Waals surface area contributed by atoms with E-state index in [1.165, 1.54) is 12.1 Å². The van der Waals surface area contributed by atoms with Gasteiger partial charge in [-0.2, -0.15) is 0 Å². The van der Waals surface area contributed by atoms with E-state index in [-0.39, 0.29) is 6.61 Å². The van der Waals surface area contributed by atoms with Gasteiger partial charge in [0.05, 0.1) is 24.5 Å². The summed E-state index contributed by atoms with van der Waals surface area (Å²) >= 11 is 0. The fourth-order valence-electron chi connectivity index (χ4n) is 1.26. The molecular formula is C12H17FN2O3. The predicted molar refractivity (Wildman–Crippen MR) is 63.4 cm³/mol. The van der Waals surface area contributed by atoms with Gasteiger partial charge in [0, 0.05) is 0 Å². The van der Waals surface area contributed by atoms with Gasteiger partial charge in [0.25, 0.3) is 0 Å². The number of carbonyl (C=O) groups is 1.